The Kier molecular flexibility index (Phi) is 5.25. The van der Waals surface area contributed by atoms with E-state index in [2.05, 4.69) is 34.6 Å². The molecule has 86 valence electrons. The summed E-state index contributed by atoms with van der Waals surface area (Å²) in [5, 5.41) is 15.4. The molecule has 1 rings (SSSR count). The normalized spacial score (nSPS) is 13.0. The average molecular weight is 211 g/mol. The number of nitrogens with one attached hydrogen (secondary N) is 1. The zero-order valence-corrected chi connectivity index (χ0v) is 9.90. The molecule has 0 amide bonds. The molecule has 0 bridgehead atoms. The van der Waals surface area contributed by atoms with Gasteiger partial charge in [-0.25, -0.2) is 0 Å². The van der Waals surface area contributed by atoms with E-state index in [9.17, 15) is 0 Å². The third-order valence-electron chi connectivity index (χ3n) is 2.49. The number of hydrogen-bond donors (Lipinski definition) is 1. The molecule has 1 N–H and O–H groups in total. The number of tetrazole rings is 1. The molecule has 0 aromatic carbocycles. The molecule has 0 spiro atoms. The predicted molar refractivity (Wildman–Crippen MR) is 59.5 cm³/mol. The molecule has 0 aliphatic carbocycles. The Morgan fingerprint density at radius 3 is 2.73 bits per heavy atom. The first-order valence-corrected chi connectivity index (χ1v) is 5.72. The van der Waals surface area contributed by atoms with Crippen LogP contribution in [-0.4, -0.2) is 32.8 Å². The smallest absolute Gasteiger partial charge is 0.174 e. The van der Waals surface area contributed by atoms with Crippen molar-refractivity contribution in [1.29, 1.82) is 0 Å². The fourth-order valence-corrected chi connectivity index (χ4v) is 1.67. The third kappa shape index (κ3) is 4.38. The summed E-state index contributed by atoms with van der Waals surface area (Å²) in [7, 11) is 1.80. The van der Waals surface area contributed by atoms with Crippen LogP contribution < -0.4 is 5.32 Å². The Bertz CT molecular complexity index is 271. The van der Waals surface area contributed by atoms with Crippen molar-refractivity contribution in [2.45, 2.75) is 45.6 Å². The Balaban J connectivity index is 2.20. The van der Waals surface area contributed by atoms with Crippen LogP contribution in [0.1, 0.15) is 38.9 Å². The van der Waals surface area contributed by atoms with E-state index in [0.717, 1.165) is 25.2 Å². The molecule has 0 saturated heterocycles. The highest BCUT2D eigenvalue weighted by atomic mass is 15.6. The van der Waals surface area contributed by atoms with Crippen LogP contribution in [0.15, 0.2) is 0 Å². The summed E-state index contributed by atoms with van der Waals surface area (Å²) in [6.07, 6.45) is 4.41. The van der Waals surface area contributed by atoms with Crippen LogP contribution in [0.25, 0.3) is 0 Å². The maximum atomic E-state index is 4.15. The van der Waals surface area contributed by atoms with Crippen molar-refractivity contribution in [2.75, 3.05) is 6.54 Å². The second-order valence-electron chi connectivity index (χ2n) is 3.75. The summed E-state index contributed by atoms with van der Waals surface area (Å²) in [5.74, 6) is 0.851. The molecular weight excluding hydrogens is 190 g/mol. The first-order chi connectivity index (χ1) is 7.26. The van der Waals surface area contributed by atoms with E-state index in [1.165, 1.54) is 17.6 Å². The first-order valence-electron chi connectivity index (χ1n) is 5.72. The van der Waals surface area contributed by atoms with Gasteiger partial charge in [0.25, 0.3) is 0 Å². The van der Waals surface area contributed by atoms with Crippen LogP contribution in [0.3, 0.4) is 0 Å². The molecule has 0 fully saturated rings. The number of nitrogens with zero attached hydrogens (tertiary/aromatic N) is 4. The lowest BCUT2D eigenvalue weighted by Gasteiger charge is -2.14. The third-order valence-corrected chi connectivity index (χ3v) is 2.49. The van der Waals surface area contributed by atoms with Gasteiger partial charge in [-0.1, -0.05) is 13.8 Å². The summed E-state index contributed by atoms with van der Waals surface area (Å²) in [5.41, 5.74) is 0. The molecular formula is C10H21N5. The lowest BCUT2D eigenvalue weighted by molar-refractivity contribution is 0.464. The van der Waals surface area contributed by atoms with Crippen molar-refractivity contribution in [3.63, 3.8) is 0 Å². The van der Waals surface area contributed by atoms with Gasteiger partial charge in [-0.15, -0.1) is 10.2 Å². The second-order valence-corrected chi connectivity index (χ2v) is 3.75. The van der Waals surface area contributed by atoms with Crippen LogP contribution in [0, 0.1) is 0 Å². The first kappa shape index (κ1) is 12.1. The molecule has 0 saturated carbocycles. The summed E-state index contributed by atoms with van der Waals surface area (Å²) in [6.45, 7) is 5.41. The van der Waals surface area contributed by atoms with Crippen molar-refractivity contribution in [3.8, 4) is 0 Å². The highest BCUT2D eigenvalue weighted by Crippen LogP contribution is 2.04. The van der Waals surface area contributed by atoms with Gasteiger partial charge >= 0.3 is 0 Å². The molecule has 15 heavy (non-hydrogen) atoms. The van der Waals surface area contributed by atoms with E-state index < -0.39 is 0 Å². The van der Waals surface area contributed by atoms with Gasteiger partial charge in [-0.3, -0.25) is 0 Å². The van der Waals surface area contributed by atoms with Gasteiger partial charge < -0.3 is 5.32 Å². The standard InChI is InChI=1S/C10H21N5/c1-4-9(11-5-2)7-6-8-10-12-14-15(3)13-10/h9,11H,4-8H2,1-3H3. The summed E-state index contributed by atoms with van der Waals surface area (Å²) in [4.78, 5) is 1.51. The number of aromatic nitrogens is 4. The maximum absolute atomic E-state index is 4.15. The van der Waals surface area contributed by atoms with E-state index in [1.807, 2.05) is 0 Å². The molecule has 1 unspecified atom stereocenters. The Hall–Kier alpha value is -0.970. The van der Waals surface area contributed by atoms with E-state index in [0.29, 0.717) is 6.04 Å². The topological polar surface area (TPSA) is 55.6 Å². The molecule has 0 aliphatic heterocycles. The van der Waals surface area contributed by atoms with Crippen LogP contribution in [0.4, 0.5) is 0 Å². The molecule has 1 atom stereocenters. The Morgan fingerprint density at radius 2 is 2.20 bits per heavy atom. The van der Waals surface area contributed by atoms with Crippen molar-refractivity contribution in [3.05, 3.63) is 5.82 Å². The minimum atomic E-state index is 0.631. The molecule has 1 heterocycles. The van der Waals surface area contributed by atoms with Gasteiger partial charge in [0.1, 0.15) is 0 Å². The highest BCUT2D eigenvalue weighted by molar-refractivity contribution is 4.77. The zero-order chi connectivity index (χ0) is 11.1. The summed E-state index contributed by atoms with van der Waals surface area (Å²) < 4.78 is 0. The van der Waals surface area contributed by atoms with Crippen LogP contribution in [0.5, 0.6) is 0 Å². The van der Waals surface area contributed by atoms with E-state index >= 15 is 0 Å². The predicted octanol–water partition coefficient (Wildman–Crippen LogP) is 0.921. The second kappa shape index (κ2) is 6.50. The van der Waals surface area contributed by atoms with Gasteiger partial charge in [0.15, 0.2) is 5.82 Å². The van der Waals surface area contributed by atoms with E-state index in [-0.39, 0.29) is 0 Å². The zero-order valence-electron chi connectivity index (χ0n) is 9.90. The number of hydrogen-bond acceptors (Lipinski definition) is 4. The SMILES string of the molecule is CCNC(CC)CCCc1nnn(C)n1. The largest absolute Gasteiger partial charge is 0.314 e. The monoisotopic (exact) mass is 211 g/mol. The van der Waals surface area contributed by atoms with Crippen molar-refractivity contribution >= 4 is 0 Å². The highest BCUT2D eigenvalue weighted by Gasteiger charge is 2.05. The number of aryl methyl sites for hydroxylation is 2. The fourth-order valence-electron chi connectivity index (χ4n) is 1.67. The van der Waals surface area contributed by atoms with E-state index in [1.54, 1.807) is 7.05 Å². The molecule has 0 aliphatic rings. The molecule has 1 aromatic rings. The minimum Gasteiger partial charge on any atom is -0.314 e. The van der Waals surface area contributed by atoms with Gasteiger partial charge in [-0.2, -0.15) is 4.80 Å². The van der Waals surface area contributed by atoms with Crippen molar-refractivity contribution < 1.29 is 0 Å². The van der Waals surface area contributed by atoms with Crippen molar-refractivity contribution in [1.82, 2.24) is 25.5 Å². The molecule has 1 aromatic heterocycles. The summed E-state index contributed by atoms with van der Waals surface area (Å²) in [6, 6.07) is 0.631. The van der Waals surface area contributed by atoms with E-state index in [4.69, 9.17) is 0 Å². The number of rotatable bonds is 7. The van der Waals surface area contributed by atoms with Gasteiger partial charge in [0, 0.05) is 12.5 Å². The van der Waals surface area contributed by atoms with Gasteiger partial charge in [0.05, 0.1) is 7.05 Å². The average Bonchev–Trinajstić information content (AvgIpc) is 2.63. The Morgan fingerprint density at radius 1 is 1.40 bits per heavy atom. The lowest BCUT2D eigenvalue weighted by atomic mass is 10.1. The molecule has 0 radical (unpaired) electrons. The molecule has 5 heteroatoms. The van der Waals surface area contributed by atoms with Crippen LogP contribution in [-0.2, 0) is 13.5 Å². The van der Waals surface area contributed by atoms with Crippen LogP contribution >= 0.6 is 0 Å². The Labute approximate surface area is 91.2 Å². The minimum absolute atomic E-state index is 0.631. The van der Waals surface area contributed by atoms with Crippen molar-refractivity contribution in [2.24, 2.45) is 7.05 Å². The quantitative estimate of drug-likeness (QED) is 0.728. The maximum Gasteiger partial charge on any atom is 0.174 e. The fraction of sp³-hybridized carbons (Fsp3) is 0.900. The van der Waals surface area contributed by atoms with Crippen LogP contribution in [0.2, 0.25) is 0 Å². The molecule has 5 nitrogen and oxygen atoms in total. The van der Waals surface area contributed by atoms with Gasteiger partial charge in [-0.05, 0) is 31.0 Å². The van der Waals surface area contributed by atoms with Gasteiger partial charge in [0.2, 0.25) is 0 Å². The lowest BCUT2D eigenvalue weighted by Crippen LogP contribution is -2.28. The summed E-state index contributed by atoms with van der Waals surface area (Å²) >= 11 is 0.